The summed E-state index contributed by atoms with van der Waals surface area (Å²) in [7, 11) is 1.09. The van der Waals surface area contributed by atoms with Crippen LogP contribution < -0.4 is 0 Å². The van der Waals surface area contributed by atoms with E-state index in [2.05, 4.69) is 5.16 Å². The number of carbonyl (C=O) groups is 1. The van der Waals surface area contributed by atoms with Crippen molar-refractivity contribution in [2.45, 2.75) is 4.90 Å². The molecule has 0 aromatic heterocycles. The lowest BCUT2D eigenvalue weighted by Gasteiger charge is -2.10. The summed E-state index contributed by atoms with van der Waals surface area (Å²) in [5.74, 6) is -0.554. The van der Waals surface area contributed by atoms with Crippen LogP contribution in [-0.2, 0) is 20.4 Å². The predicted molar refractivity (Wildman–Crippen MR) is 99.1 cm³/mol. The van der Waals surface area contributed by atoms with Gasteiger partial charge in [-0.05, 0) is 24.3 Å². The second-order valence-corrected chi connectivity index (χ2v) is 7.09. The Labute approximate surface area is 158 Å². The molecule has 132 valence electrons. The van der Waals surface area contributed by atoms with Crippen molar-refractivity contribution in [2.24, 2.45) is 5.16 Å². The SMILES string of the molecule is CON=C(CS(=O)c1ccccc1C(=O)OC)c1ccc(Cl)cc1Cl. The molecule has 0 aliphatic heterocycles. The maximum absolute atomic E-state index is 12.8. The van der Waals surface area contributed by atoms with Gasteiger partial charge in [-0.1, -0.05) is 46.6 Å². The van der Waals surface area contributed by atoms with E-state index in [4.69, 9.17) is 32.8 Å². The normalized spacial score (nSPS) is 12.6. The number of hydrogen-bond acceptors (Lipinski definition) is 5. The number of ether oxygens (including phenoxy) is 1. The second kappa shape index (κ2) is 8.99. The Morgan fingerprint density at radius 2 is 1.84 bits per heavy atom. The fourth-order valence-electron chi connectivity index (χ4n) is 2.13. The highest BCUT2D eigenvalue weighted by atomic mass is 35.5. The zero-order chi connectivity index (χ0) is 18.4. The van der Waals surface area contributed by atoms with Crippen molar-refractivity contribution in [3.05, 3.63) is 63.6 Å². The van der Waals surface area contributed by atoms with E-state index in [1.54, 1.807) is 42.5 Å². The van der Waals surface area contributed by atoms with Crippen LogP contribution in [0, 0.1) is 0 Å². The second-order valence-electron chi connectivity index (χ2n) is 4.82. The van der Waals surface area contributed by atoms with E-state index in [0.717, 1.165) is 0 Å². The van der Waals surface area contributed by atoms with Crippen molar-refractivity contribution >= 4 is 45.7 Å². The fourth-order valence-corrected chi connectivity index (χ4v) is 3.89. The van der Waals surface area contributed by atoms with Gasteiger partial charge in [0.15, 0.2) is 0 Å². The van der Waals surface area contributed by atoms with Gasteiger partial charge >= 0.3 is 5.97 Å². The van der Waals surface area contributed by atoms with E-state index in [1.165, 1.54) is 14.2 Å². The van der Waals surface area contributed by atoms with Crippen LogP contribution >= 0.6 is 23.2 Å². The number of methoxy groups -OCH3 is 1. The molecular weight excluding hydrogens is 385 g/mol. The minimum absolute atomic E-state index is 0.00317. The highest BCUT2D eigenvalue weighted by Gasteiger charge is 2.20. The summed E-state index contributed by atoms with van der Waals surface area (Å²) in [6, 6.07) is 11.4. The van der Waals surface area contributed by atoms with E-state index < -0.39 is 16.8 Å². The first-order valence-corrected chi connectivity index (χ1v) is 9.16. The average molecular weight is 400 g/mol. The van der Waals surface area contributed by atoms with Crippen molar-refractivity contribution in [3.8, 4) is 0 Å². The van der Waals surface area contributed by atoms with E-state index in [0.29, 0.717) is 26.2 Å². The quantitative estimate of drug-likeness (QED) is 0.419. The van der Waals surface area contributed by atoms with E-state index in [-0.39, 0.29) is 11.3 Å². The summed E-state index contributed by atoms with van der Waals surface area (Å²) in [4.78, 5) is 17.1. The van der Waals surface area contributed by atoms with Crippen molar-refractivity contribution in [3.63, 3.8) is 0 Å². The Morgan fingerprint density at radius 3 is 2.48 bits per heavy atom. The van der Waals surface area contributed by atoms with Gasteiger partial charge in [0.2, 0.25) is 0 Å². The van der Waals surface area contributed by atoms with Gasteiger partial charge in [0.05, 0.1) is 39.1 Å². The van der Waals surface area contributed by atoms with Crippen LogP contribution in [0.15, 0.2) is 52.5 Å². The summed E-state index contributed by atoms with van der Waals surface area (Å²) < 4.78 is 17.6. The van der Waals surface area contributed by atoms with Gasteiger partial charge in [-0.15, -0.1) is 0 Å². The van der Waals surface area contributed by atoms with Crippen molar-refractivity contribution in [1.82, 2.24) is 0 Å². The largest absolute Gasteiger partial charge is 0.465 e. The highest BCUT2D eigenvalue weighted by Crippen LogP contribution is 2.23. The molecule has 0 spiro atoms. The number of oxime groups is 1. The Morgan fingerprint density at radius 1 is 1.12 bits per heavy atom. The number of esters is 1. The van der Waals surface area contributed by atoms with Gasteiger partial charge in [0.25, 0.3) is 0 Å². The third-order valence-corrected chi connectivity index (χ3v) is 5.18. The van der Waals surface area contributed by atoms with E-state index >= 15 is 0 Å². The molecule has 0 saturated heterocycles. The standard InChI is InChI=1S/C17H15Cl2NO4S/c1-23-17(21)13-5-3-4-6-16(13)25(22)10-15(20-24-2)12-8-7-11(18)9-14(12)19/h3-9H,10H2,1-2H3. The van der Waals surface area contributed by atoms with Crippen molar-refractivity contribution in [2.75, 3.05) is 20.0 Å². The Balaban J connectivity index is 2.37. The van der Waals surface area contributed by atoms with Crippen LogP contribution in [0.2, 0.25) is 10.0 Å². The molecule has 0 fully saturated rings. The molecule has 0 bridgehead atoms. The fraction of sp³-hybridized carbons (Fsp3) is 0.176. The third kappa shape index (κ3) is 4.81. The molecule has 0 amide bonds. The lowest BCUT2D eigenvalue weighted by molar-refractivity contribution is 0.0596. The van der Waals surface area contributed by atoms with E-state index in [1.807, 2.05) is 0 Å². The molecule has 2 aromatic rings. The summed E-state index contributed by atoms with van der Waals surface area (Å²) >= 11 is 12.1. The summed E-state index contributed by atoms with van der Waals surface area (Å²) in [6.07, 6.45) is 0. The molecule has 0 heterocycles. The first-order chi connectivity index (χ1) is 12.0. The van der Waals surface area contributed by atoms with Gasteiger partial charge in [-0.2, -0.15) is 0 Å². The number of halogens is 2. The monoisotopic (exact) mass is 399 g/mol. The first kappa shape index (κ1) is 19.4. The molecule has 2 rings (SSSR count). The van der Waals surface area contributed by atoms with Gasteiger partial charge in [0.1, 0.15) is 12.8 Å². The molecule has 0 saturated carbocycles. The molecule has 0 aliphatic rings. The van der Waals surface area contributed by atoms with Gasteiger partial charge < -0.3 is 9.57 Å². The third-order valence-electron chi connectivity index (χ3n) is 3.25. The predicted octanol–water partition coefficient (Wildman–Crippen LogP) is 3.94. The van der Waals surface area contributed by atoms with Gasteiger partial charge in [0, 0.05) is 10.6 Å². The lowest BCUT2D eigenvalue weighted by Crippen LogP contribution is -2.16. The van der Waals surface area contributed by atoms with Gasteiger partial charge in [-0.3, -0.25) is 4.21 Å². The summed E-state index contributed by atoms with van der Waals surface area (Å²) in [6.45, 7) is 0. The topological polar surface area (TPSA) is 65.0 Å². The average Bonchev–Trinajstić information content (AvgIpc) is 2.60. The van der Waals surface area contributed by atoms with Crippen LogP contribution in [0.1, 0.15) is 15.9 Å². The molecule has 2 aromatic carbocycles. The molecule has 0 N–H and O–H groups in total. The number of rotatable bonds is 6. The minimum Gasteiger partial charge on any atom is -0.465 e. The number of nitrogens with zero attached hydrogens (tertiary/aromatic N) is 1. The molecule has 25 heavy (non-hydrogen) atoms. The van der Waals surface area contributed by atoms with Crippen LogP contribution in [-0.4, -0.2) is 35.9 Å². The highest BCUT2D eigenvalue weighted by molar-refractivity contribution is 7.86. The first-order valence-electron chi connectivity index (χ1n) is 7.09. The Hall–Kier alpha value is -1.89. The van der Waals surface area contributed by atoms with Crippen molar-refractivity contribution in [1.29, 1.82) is 0 Å². The number of carbonyl (C=O) groups excluding carboxylic acids is 1. The summed E-state index contributed by atoms with van der Waals surface area (Å²) in [5.41, 5.74) is 1.17. The molecule has 1 atom stereocenters. The number of hydrogen-bond donors (Lipinski definition) is 0. The molecule has 8 heteroatoms. The molecular formula is C17H15Cl2NO4S. The zero-order valence-electron chi connectivity index (χ0n) is 13.5. The summed E-state index contributed by atoms with van der Waals surface area (Å²) in [5, 5.41) is 4.76. The van der Waals surface area contributed by atoms with Gasteiger partial charge in [-0.25, -0.2) is 4.79 Å². The zero-order valence-corrected chi connectivity index (χ0v) is 15.8. The maximum Gasteiger partial charge on any atom is 0.339 e. The van der Waals surface area contributed by atoms with E-state index in [9.17, 15) is 9.00 Å². The molecule has 5 nitrogen and oxygen atoms in total. The Bertz CT molecular complexity index is 839. The maximum atomic E-state index is 12.8. The van der Waals surface area contributed by atoms with Crippen molar-refractivity contribution < 1.29 is 18.6 Å². The van der Waals surface area contributed by atoms with Crippen LogP contribution in [0.3, 0.4) is 0 Å². The van der Waals surface area contributed by atoms with Crippen LogP contribution in [0.25, 0.3) is 0 Å². The van der Waals surface area contributed by atoms with Crippen LogP contribution in [0.5, 0.6) is 0 Å². The molecule has 0 radical (unpaired) electrons. The minimum atomic E-state index is -1.57. The lowest BCUT2D eigenvalue weighted by atomic mass is 10.1. The smallest absolute Gasteiger partial charge is 0.339 e. The Kier molecular flexibility index (Phi) is 6.99. The molecule has 0 aliphatic carbocycles. The number of benzene rings is 2. The molecule has 1 unspecified atom stereocenters. The van der Waals surface area contributed by atoms with Crippen LogP contribution in [0.4, 0.5) is 0 Å².